The molecule has 9 atom stereocenters. The van der Waals surface area contributed by atoms with Crippen LogP contribution in [0.25, 0.3) is 0 Å². The zero-order valence-electron chi connectivity index (χ0n) is 14.2. The molecule has 0 radical (unpaired) electrons. The monoisotopic (exact) mass is 332 g/mol. The smallest absolute Gasteiger partial charge is 0.173 e. The van der Waals surface area contributed by atoms with Crippen molar-refractivity contribution in [2.45, 2.75) is 81.1 Å². The minimum Gasteiger partial charge on any atom is -0.389 e. The van der Waals surface area contributed by atoms with E-state index in [1.807, 2.05) is 6.92 Å². The molecule has 2 aliphatic rings. The lowest BCUT2D eigenvalue weighted by atomic mass is 9.84. The molecule has 0 spiro atoms. The first-order valence-electron chi connectivity index (χ1n) is 8.34. The van der Waals surface area contributed by atoms with Gasteiger partial charge in [0.25, 0.3) is 0 Å². The summed E-state index contributed by atoms with van der Waals surface area (Å²) in [5, 5.41) is 13.7. The summed E-state index contributed by atoms with van der Waals surface area (Å²) in [5.74, 6) is 0. The summed E-state index contributed by atoms with van der Waals surface area (Å²) in [4.78, 5) is 0. The van der Waals surface area contributed by atoms with E-state index in [0.29, 0.717) is 6.42 Å². The van der Waals surface area contributed by atoms with E-state index in [0.717, 1.165) is 12.8 Å². The number of nitrogens with one attached hydrogen (secondary N) is 1. The number of hydrogen-bond donors (Lipinski definition) is 5. The molecule has 0 aromatic heterocycles. The molecule has 1 heterocycles. The summed E-state index contributed by atoms with van der Waals surface area (Å²) in [7, 11) is 3.39. The summed E-state index contributed by atoms with van der Waals surface area (Å²) < 4.78 is 17.3. The highest BCUT2D eigenvalue weighted by molar-refractivity contribution is 5.00. The second-order valence-corrected chi connectivity index (χ2v) is 6.72. The lowest BCUT2D eigenvalue weighted by molar-refractivity contribution is -0.253. The highest BCUT2D eigenvalue weighted by Crippen LogP contribution is 2.28. The molecule has 1 aliphatic heterocycles. The number of aliphatic hydroxyl groups is 1. The Morgan fingerprint density at radius 2 is 1.96 bits per heavy atom. The van der Waals surface area contributed by atoms with Crippen molar-refractivity contribution in [3.63, 3.8) is 0 Å². The standard InChI is InChI=1S/C15H32N4O4/c1-7(16)10-5-4-8(17)15(22-10)23-14-9(18)6-11(21-3)12(19-2)13(14)20/h7-15,19-20H,4-6,16-18H2,1-3H3/t7-,8+,9-,10-,11-,12+,13+,14+,15+/m0/s1. The van der Waals surface area contributed by atoms with E-state index in [-0.39, 0.29) is 36.4 Å². The Bertz CT molecular complexity index is 373. The number of methoxy groups -OCH3 is 1. The normalized spacial score (nSPS) is 46.6. The minimum absolute atomic E-state index is 0.0939. The summed E-state index contributed by atoms with van der Waals surface area (Å²) in [6.07, 6.45) is -0.0776. The molecule has 23 heavy (non-hydrogen) atoms. The van der Waals surface area contributed by atoms with Crippen LogP contribution in [-0.2, 0) is 14.2 Å². The molecule has 8 nitrogen and oxygen atoms in total. The largest absolute Gasteiger partial charge is 0.389 e. The van der Waals surface area contributed by atoms with Crippen LogP contribution in [0.15, 0.2) is 0 Å². The van der Waals surface area contributed by atoms with Gasteiger partial charge in [-0.05, 0) is 33.2 Å². The van der Waals surface area contributed by atoms with Crippen molar-refractivity contribution in [1.82, 2.24) is 5.32 Å². The fourth-order valence-electron chi connectivity index (χ4n) is 3.52. The van der Waals surface area contributed by atoms with Crippen molar-refractivity contribution >= 4 is 0 Å². The average molecular weight is 332 g/mol. The molecular weight excluding hydrogens is 300 g/mol. The van der Waals surface area contributed by atoms with Gasteiger partial charge < -0.3 is 41.8 Å². The Balaban J connectivity index is 2.05. The maximum Gasteiger partial charge on any atom is 0.173 e. The van der Waals surface area contributed by atoms with E-state index in [4.69, 9.17) is 31.4 Å². The molecule has 1 saturated heterocycles. The minimum atomic E-state index is -0.805. The van der Waals surface area contributed by atoms with Gasteiger partial charge in [0, 0.05) is 19.2 Å². The first-order valence-corrected chi connectivity index (χ1v) is 8.34. The quantitative estimate of drug-likeness (QED) is 0.399. The summed E-state index contributed by atoms with van der Waals surface area (Å²) in [5.41, 5.74) is 18.2. The van der Waals surface area contributed by atoms with Gasteiger partial charge in [0.2, 0.25) is 0 Å². The summed E-state index contributed by atoms with van der Waals surface area (Å²) >= 11 is 0. The lowest BCUT2D eigenvalue weighted by Crippen LogP contribution is -2.65. The molecule has 0 amide bonds. The maximum atomic E-state index is 10.6. The van der Waals surface area contributed by atoms with Crippen LogP contribution >= 0.6 is 0 Å². The molecule has 136 valence electrons. The predicted molar refractivity (Wildman–Crippen MR) is 86.6 cm³/mol. The third kappa shape index (κ3) is 4.21. The SMILES string of the molecule is CN[C@H]1[C@@H](O)[C@H](O[C@H]2O[C@H]([C@H](C)N)CC[C@H]2N)[C@@H](N)C[C@@H]1OC. The highest BCUT2D eigenvalue weighted by Gasteiger charge is 2.45. The van der Waals surface area contributed by atoms with Crippen LogP contribution in [0.3, 0.4) is 0 Å². The number of hydrogen-bond acceptors (Lipinski definition) is 8. The zero-order chi connectivity index (χ0) is 17.1. The van der Waals surface area contributed by atoms with Crippen LogP contribution in [0.5, 0.6) is 0 Å². The van der Waals surface area contributed by atoms with Crippen LogP contribution < -0.4 is 22.5 Å². The van der Waals surface area contributed by atoms with Gasteiger partial charge in [-0.2, -0.15) is 0 Å². The van der Waals surface area contributed by atoms with Crippen molar-refractivity contribution in [3.8, 4) is 0 Å². The number of rotatable bonds is 5. The van der Waals surface area contributed by atoms with Crippen LogP contribution in [0, 0.1) is 0 Å². The Hall–Kier alpha value is -0.320. The molecule has 8 heteroatoms. The molecule has 8 N–H and O–H groups in total. The number of nitrogens with two attached hydrogens (primary N) is 3. The van der Waals surface area contributed by atoms with Gasteiger partial charge in [-0.1, -0.05) is 0 Å². The van der Waals surface area contributed by atoms with Crippen LogP contribution in [0.2, 0.25) is 0 Å². The van der Waals surface area contributed by atoms with Gasteiger partial charge in [-0.3, -0.25) is 0 Å². The van der Waals surface area contributed by atoms with E-state index in [9.17, 15) is 5.11 Å². The molecule has 0 aromatic carbocycles. The van der Waals surface area contributed by atoms with Crippen molar-refractivity contribution in [3.05, 3.63) is 0 Å². The van der Waals surface area contributed by atoms with Crippen molar-refractivity contribution in [2.24, 2.45) is 17.2 Å². The molecule has 0 bridgehead atoms. The number of aliphatic hydroxyl groups excluding tert-OH is 1. The summed E-state index contributed by atoms with van der Waals surface area (Å²) in [6, 6.07) is -0.959. The second-order valence-electron chi connectivity index (χ2n) is 6.72. The Kier molecular flexibility index (Phi) is 6.76. The van der Waals surface area contributed by atoms with Gasteiger partial charge in [0.1, 0.15) is 6.10 Å². The van der Waals surface area contributed by atoms with Crippen molar-refractivity contribution < 1.29 is 19.3 Å². The fourth-order valence-corrected chi connectivity index (χ4v) is 3.52. The van der Waals surface area contributed by atoms with E-state index in [1.165, 1.54) is 0 Å². The van der Waals surface area contributed by atoms with Gasteiger partial charge in [-0.25, -0.2) is 0 Å². The first kappa shape index (κ1) is 19.0. The van der Waals surface area contributed by atoms with Crippen LogP contribution in [0.4, 0.5) is 0 Å². The van der Waals surface area contributed by atoms with Gasteiger partial charge >= 0.3 is 0 Å². The van der Waals surface area contributed by atoms with Gasteiger partial charge in [0.05, 0.1) is 30.4 Å². The van der Waals surface area contributed by atoms with Gasteiger partial charge in [-0.15, -0.1) is 0 Å². The summed E-state index contributed by atoms with van der Waals surface area (Å²) in [6.45, 7) is 1.90. The first-order chi connectivity index (χ1) is 10.9. The number of likely N-dealkylation sites (N-methyl/N-ethyl adjacent to an activating group) is 1. The molecule has 2 rings (SSSR count). The molecule has 1 saturated carbocycles. The zero-order valence-corrected chi connectivity index (χ0v) is 14.2. The van der Waals surface area contributed by atoms with Crippen molar-refractivity contribution in [1.29, 1.82) is 0 Å². The molecule has 2 fully saturated rings. The molecular formula is C15H32N4O4. The van der Waals surface area contributed by atoms with Crippen molar-refractivity contribution in [2.75, 3.05) is 14.2 Å². The van der Waals surface area contributed by atoms with E-state index < -0.39 is 18.5 Å². The fraction of sp³-hybridized carbons (Fsp3) is 1.00. The Morgan fingerprint density at radius 1 is 1.26 bits per heavy atom. The van der Waals surface area contributed by atoms with Crippen LogP contribution in [0.1, 0.15) is 26.2 Å². The third-order valence-corrected chi connectivity index (χ3v) is 4.99. The van der Waals surface area contributed by atoms with Crippen LogP contribution in [-0.4, -0.2) is 74.1 Å². The molecule has 0 unspecified atom stereocenters. The van der Waals surface area contributed by atoms with Gasteiger partial charge in [0.15, 0.2) is 6.29 Å². The molecule has 1 aliphatic carbocycles. The third-order valence-electron chi connectivity index (χ3n) is 4.99. The number of ether oxygens (including phenoxy) is 3. The Labute approximate surface area is 138 Å². The lowest BCUT2D eigenvalue weighted by Gasteiger charge is -2.45. The second kappa shape index (κ2) is 8.17. The maximum absolute atomic E-state index is 10.6. The highest BCUT2D eigenvalue weighted by atomic mass is 16.7. The Morgan fingerprint density at radius 3 is 2.52 bits per heavy atom. The van der Waals surface area contributed by atoms with E-state index >= 15 is 0 Å². The predicted octanol–water partition coefficient (Wildman–Crippen LogP) is -1.75. The van der Waals surface area contributed by atoms with E-state index in [2.05, 4.69) is 5.32 Å². The average Bonchev–Trinajstić information content (AvgIpc) is 2.52. The molecule has 0 aromatic rings. The topological polar surface area (TPSA) is 138 Å². The van der Waals surface area contributed by atoms with E-state index in [1.54, 1.807) is 14.2 Å².